The Morgan fingerprint density at radius 2 is 1.79 bits per heavy atom. The summed E-state index contributed by atoms with van der Waals surface area (Å²) in [6, 6.07) is 0. The van der Waals surface area contributed by atoms with Gasteiger partial charge in [-0.1, -0.05) is 6.92 Å². The molecule has 1 rings (SSSR count). The van der Waals surface area contributed by atoms with E-state index in [9.17, 15) is 9.59 Å². The molecule has 0 atom stereocenters. The zero-order valence-corrected chi connectivity index (χ0v) is 15.9. The van der Waals surface area contributed by atoms with Crippen LogP contribution in [-0.4, -0.2) is 98.6 Å². The number of amides is 2. The first-order valence-electron chi connectivity index (χ1n) is 8.78. The van der Waals surface area contributed by atoms with Crippen LogP contribution in [0.5, 0.6) is 0 Å². The predicted molar refractivity (Wildman–Crippen MR) is 94.9 cm³/mol. The lowest BCUT2D eigenvalue weighted by Gasteiger charge is -2.41. The van der Waals surface area contributed by atoms with Gasteiger partial charge in [-0.2, -0.15) is 0 Å². The van der Waals surface area contributed by atoms with Crippen LogP contribution in [0.25, 0.3) is 0 Å². The first kappa shape index (κ1) is 20.9. The van der Waals surface area contributed by atoms with Gasteiger partial charge in [0, 0.05) is 39.3 Å². The molecular weight excluding hydrogens is 308 g/mol. The molecular formula is C17H34N4O3. The Morgan fingerprint density at radius 1 is 1.17 bits per heavy atom. The summed E-state index contributed by atoms with van der Waals surface area (Å²) in [6.45, 7) is 11.5. The molecule has 1 heterocycles. The number of nitrogens with zero attached hydrogens (tertiary/aromatic N) is 3. The molecule has 2 amide bonds. The van der Waals surface area contributed by atoms with Crippen molar-refractivity contribution in [2.75, 3.05) is 66.6 Å². The van der Waals surface area contributed by atoms with Crippen molar-refractivity contribution in [2.24, 2.45) is 0 Å². The summed E-state index contributed by atoms with van der Waals surface area (Å²) in [5.74, 6) is -0.0127. The fraction of sp³-hybridized carbons (Fsp3) is 0.882. The van der Waals surface area contributed by atoms with Gasteiger partial charge in [-0.05, 0) is 26.8 Å². The molecule has 140 valence electrons. The SMILES string of the molecule is CCCN(CC(=O)NCC(C)(C)N1CCOCC1)CC(=O)N(C)C. The lowest BCUT2D eigenvalue weighted by Crippen LogP contribution is -2.56. The molecule has 0 aromatic rings. The van der Waals surface area contributed by atoms with Crippen LogP contribution in [0.1, 0.15) is 27.2 Å². The van der Waals surface area contributed by atoms with Gasteiger partial charge in [-0.25, -0.2) is 0 Å². The van der Waals surface area contributed by atoms with Crippen molar-refractivity contribution in [3.8, 4) is 0 Å². The molecule has 0 radical (unpaired) electrons. The minimum atomic E-state index is -0.103. The van der Waals surface area contributed by atoms with Crippen LogP contribution in [0, 0.1) is 0 Å². The molecule has 7 nitrogen and oxygen atoms in total. The van der Waals surface area contributed by atoms with Gasteiger partial charge in [0.15, 0.2) is 0 Å². The lowest BCUT2D eigenvalue weighted by atomic mass is 10.0. The Morgan fingerprint density at radius 3 is 2.33 bits per heavy atom. The molecule has 1 saturated heterocycles. The number of ether oxygens (including phenoxy) is 1. The van der Waals surface area contributed by atoms with Gasteiger partial charge in [0.25, 0.3) is 0 Å². The van der Waals surface area contributed by atoms with Crippen molar-refractivity contribution >= 4 is 11.8 Å². The maximum atomic E-state index is 12.3. The quantitative estimate of drug-likeness (QED) is 0.640. The number of carbonyl (C=O) groups is 2. The average Bonchev–Trinajstić information content (AvgIpc) is 2.54. The van der Waals surface area contributed by atoms with Crippen molar-refractivity contribution in [3.63, 3.8) is 0 Å². The van der Waals surface area contributed by atoms with E-state index >= 15 is 0 Å². The number of likely N-dealkylation sites (N-methyl/N-ethyl adjacent to an activating group) is 1. The number of hydrogen-bond acceptors (Lipinski definition) is 5. The monoisotopic (exact) mass is 342 g/mol. The highest BCUT2D eigenvalue weighted by Crippen LogP contribution is 2.15. The summed E-state index contributed by atoms with van der Waals surface area (Å²) in [6.07, 6.45) is 0.910. The van der Waals surface area contributed by atoms with E-state index in [0.717, 1.165) is 39.3 Å². The molecule has 1 aliphatic rings. The van der Waals surface area contributed by atoms with E-state index in [4.69, 9.17) is 4.74 Å². The molecule has 0 spiro atoms. The molecule has 0 aromatic carbocycles. The van der Waals surface area contributed by atoms with E-state index < -0.39 is 0 Å². The minimum absolute atomic E-state index is 0.0184. The van der Waals surface area contributed by atoms with Gasteiger partial charge < -0.3 is 15.0 Å². The fourth-order valence-corrected chi connectivity index (χ4v) is 2.72. The molecule has 0 saturated carbocycles. The summed E-state index contributed by atoms with van der Waals surface area (Å²) < 4.78 is 5.38. The van der Waals surface area contributed by atoms with Crippen LogP contribution < -0.4 is 5.32 Å². The number of hydrogen-bond donors (Lipinski definition) is 1. The maximum Gasteiger partial charge on any atom is 0.236 e. The van der Waals surface area contributed by atoms with Gasteiger partial charge in [0.05, 0.1) is 26.3 Å². The van der Waals surface area contributed by atoms with Crippen molar-refractivity contribution in [1.29, 1.82) is 0 Å². The first-order chi connectivity index (χ1) is 11.3. The number of nitrogens with one attached hydrogen (secondary N) is 1. The van der Waals surface area contributed by atoms with Crippen LogP contribution in [0.3, 0.4) is 0 Å². The highest BCUT2D eigenvalue weighted by molar-refractivity contribution is 5.81. The summed E-state index contributed by atoms with van der Waals surface area (Å²) in [4.78, 5) is 30.0. The van der Waals surface area contributed by atoms with Crippen molar-refractivity contribution in [2.45, 2.75) is 32.7 Å². The normalized spacial score (nSPS) is 16.2. The number of rotatable bonds is 9. The molecule has 1 aliphatic heterocycles. The van der Waals surface area contributed by atoms with Crippen LogP contribution in [0.15, 0.2) is 0 Å². The Bertz CT molecular complexity index is 407. The Hall–Kier alpha value is -1.18. The van der Waals surface area contributed by atoms with Crippen molar-refractivity contribution < 1.29 is 14.3 Å². The van der Waals surface area contributed by atoms with E-state index in [1.165, 1.54) is 0 Å². The molecule has 0 bridgehead atoms. The topological polar surface area (TPSA) is 65.1 Å². The average molecular weight is 342 g/mol. The second-order valence-electron chi connectivity index (χ2n) is 7.19. The summed E-state index contributed by atoms with van der Waals surface area (Å²) in [7, 11) is 3.47. The molecule has 7 heteroatoms. The zero-order valence-electron chi connectivity index (χ0n) is 15.9. The van der Waals surface area contributed by atoms with Gasteiger partial charge in [0.2, 0.25) is 11.8 Å². The van der Waals surface area contributed by atoms with Crippen molar-refractivity contribution in [1.82, 2.24) is 20.0 Å². The Balaban J connectivity index is 2.45. The summed E-state index contributed by atoms with van der Waals surface area (Å²) in [5.41, 5.74) is -0.103. The third kappa shape index (κ3) is 7.15. The number of morpholine rings is 1. The van der Waals surface area contributed by atoms with E-state index in [0.29, 0.717) is 6.54 Å². The van der Waals surface area contributed by atoms with Crippen LogP contribution in [0.2, 0.25) is 0 Å². The second-order valence-corrected chi connectivity index (χ2v) is 7.19. The molecule has 1 fully saturated rings. The minimum Gasteiger partial charge on any atom is -0.379 e. The smallest absolute Gasteiger partial charge is 0.236 e. The maximum absolute atomic E-state index is 12.3. The van der Waals surface area contributed by atoms with Crippen molar-refractivity contribution in [3.05, 3.63) is 0 Å². The molecule has 24 heavy (non-hydrogen) atoms. The highest BCUT2D eigenvalue weighted by atomic mass is 16.5. The largest absolute Gasteiger partial charge is 0.379 e. The zero-order chi connectivity index (χ0) is 18.2. The van der Waals surface area contributed by atoms with E-state index in [1.807, 2.05) is 11.8 Å². The molecule has 0 aromatic heterocycles. The van der Waals surface area contributed by atoms with E-state index in [1.54, 1.807) is 19.0 Å². The third-order valence-electron chi connectivity index (χ3n) is 4.35. The summed E-state index contributed by atoms with van der Waals surface area (Å²) in [5, 5.41) is 3.02. The molecule has 0 aliphatic carbocycles. The lowest BCUT2D eigenvalue weighted by molar-refractivity contribution is -0.131. The second kappa shape index (κ2) is 9.96. The predicted octanol–water partition coefficient (Wildman–Crippen LogP) is 0.0136. The van der Waals surface area contributed by atoms with Gasteiger partial charge in [0.1, 0.15) is 0 Å². The van der Waals surface area contributed by atoms with Gasteiger partial charge in [-0.15, -0.1) is 0 Å². The molecule has 0 unspecified atom stereocenters. The number of carbonyl (C=O) groups excluding carboxylic acids is 2. The molecule has 1 N–H and O–H groups in total. The highest BCUT2D eigenvalue weighted by Gasteiger charge is 2.28. The van der Waals surface area contributed by atoms with E-state index in [-0.39, 0.29) is 30.4 Å². The van der Waals surface area contributed by atoms with Crippen LogP contribution >= 0.6 is 0 Å². The van der Waals surface area contributed by atoms with Crippen LogP contribution in [-0.2, 0) is 14.3 Å². The van der Waals surface area contributed by atoms with Crippen LogP contribution in [0.4, 0.5) is 0 Å². The summed E-state index contributed by atoms with van der Waals surface area (Å²) >= 11 is 0. The standard InChI is InChI=1S/C17H34N4O3/c1-6-7-20(13-16(23)19(4)5)12-15(22)18-14-17(2,3)21-8-10-24-11-9-21/h6-14H2,1-5H3,(H,18,22). The Labute approximate surface area is 146 Å². The Kier molecular flexibility index (Phi) is 8.66. The van der Waals surface area contributed by atoms with E-state index in [2.05, 4.69) is 24.1 Å². The third-order valence-corrected chi connectivity index (χ3v) is 4.35. The first-order valence-corrected chi connectivity index (χ1v) is 8.78. The fourth-order valence-electron chi connectivity index (χ4n) is 2.72. The van der Waals surface area contributed by atoms with Gasteiger partial charge >= 0.3 is 0 Å². The van der Waals surface area contributed by atoms with Gasteiger partial charge in [-0.3, -0.25) is 19.4 Å².